The molecule has 2 aliphatic rings. The maximum atomic E-state index is 6.33. The highest BCUT2D eigenvalue weighted by molar-refractivity contribution is 7.16. The molecule has 3 heterocycles. The van der Waals surface area contributed by atoms with Crippen molar-refractivity contribution in [3.63, 3.8) is 0 Å². The van der Waals surface area contributed by atoms with Crippen LogP contribution in [0.3, 0.4) is 0 Å². The molecule has 4 heteroatoms. The van der Waals surface area contributed by atoms with Gasteiger partial charge >= 0.3 is 0 Å². The molecule has 3 atom stereocenters. The largest absolute Gasteiger partial charge is 0.367 e. The zero-order valence-electron chi connectivity index (χ0n) is 10.3. The molecule has 1 fully saturated rings. The van der Waals surface area contributed by atoms with Gasteiger partial charge in [0.2, 0.25) is 0 Å². The molecule has 2 nitrogen and oxygen atoms in total. The lowest BCUT2D eigenvalue weighted by Crippen LogP contribution is -2.49. The molecule has 1 spiro atoms. The van der Waals surface area contributed by atoms with Crippen molar-refractivity contribution in [3.8, 4) is 0 Å². The molecule has 0 saturated carbocycles. The predicted octanol–water partition coefficient (Wildman–Crippen LogP) is 3.33. The molecular weight excluding hydrogens is 254 g/mol. The van der Waals surface area contributed by atoms with Crippen molar-refractivity contribution < 1.29 is 4.74 Å². The Balaban J connectivity index is 2.04. The Hall–Kier alpha value is -0.0900. The summed E-state index contributed by atoms with van der Waals surface area (Å²) in [6.45, 7) is 5.43. The number of rotatable bonds is 0. The van der Waals surface area contributed by atoms with E-state index in [1.54, 1.807) is 11.3 Å². The molecule has 3 rings (SSSR count). The highest BCUT2D eigenvalue weighted by Crippen LogP contribution is 2.47. The van der Waals surface area contributed by atoms with Crippen LogP contribution >= 0.6 is 22.9 Å². The van der Waals surface area contributed by atoms with Gasteiger partial charge in [0, 0.05) is 17.3 Å². The van der Waals surface area contributed by atoms with Gasteiger partial charge in [0.05, 0.1) is 16.0 Å². The van der Waals surface area contributed by atoms with Gasteiger partial charge in [-0.1, -0.05) is 11.6 Å². The lowest BCUT2D eigenvalue weighted by molar-refractivity contribution is -0.125. The van der Waals surface area contributed by atoms with E-state index in [9.17, 15) is 0 Å². The summed E-state index contributed by atoms with van der Waals surface area (Å²) in [4.78, 5) is 1.43. The van der Waals surface area contributed by atoms with Crippen molar-refractivity contribution in [2.24, 2.45) is 0 Å². The average Bonchev–Trinajstić information content (AvgIpc) is 2.59. The van der Waals surface area contributed by atoms with E-state index < -0.39 is 0 Å². The second kappa shape index (κ2) is 4.23. The zero-order valence-corrected chi connectivity index (χ0v) is 11.8. The SMILES string of the molecule is CC1Cc2sc(Cl)cc2C2(CCN[C@@H](C)C2)O1. The van der Waals surface area contributed by atoms with Crippen LogP contribution in [0.4, 0.5) is 0 Å². The van der Waals surface area contributed by atoms with E-state index in [1.807, 2.05) is 0 Å². The molecule has 0 amide bonds. The molecule has 1 aromatic rings. The Kier molecular flexibility index (Phi) is 2.98. The fourth-order valence-electron chi connectivity index (χ4n) is 3.23. The second-order valence-corrected chi connectivity index (χ2v) is 7.09. The van der Waals surface area contributed by atoms with Crippen LogP contribution in [0.1, 0.15) is 37.1 Å². The summed E-state index contributed by atoms with van der Waals surface area (Å²) >= 11 is 7.91. The lowest BCUT2D eigenvalue weighted by Gasteiger charge is -2.45. The Morgan fingerprint density at radius 2 is 2.35 bits per heavy atom. The standard InChI is InChI=1S/C13H18ClNOS/c1-8-7-13(3-4-15-8)10-6-12(14)17-11(10)5-9(2)16-13/h6,8-9,15H,3-5,7H2,1-2H3/t8-,9?,13?/m0/s1. The lowest BCUT2D eigenvalue weighted by atomic mass is 9.79. The van der Waals surface area contributed by atoms with Crippen LogP contribution in [-0.4, -0.2) is 18.7 Å². The molecule has 0 aromatic carbocycles. The number of thiophene rings is 1. The molecule has 0 bridgehead atoms. The van der Waals surface area contributed by atoms with E-state index in [1.165, 1.54) is 10.4 Å². The fourth-order valence-corrected chi connectivity index (χ4v) is 4.70. The minimum Gasteiger partial charge on any atom is -0.367 e. The van der Waals surface area contributed by atoms with Gasteiger partial charge in [-0.3, -0.25) is 0 Å². The molecule has 17 heavy (non-hydrogen) atoms. The van der Waals surface area contributed by atoms with E-state index in [4.69, 9.17) is 16.3 Å². The quantitative estimate of drug-likeness (QED) is 0.782. The van der Waals surface area contributed by atoms with E-state index in [2.05, 4.69) is 25.2 Å². The van der Waals surface area contributed by atoms with Gasteiger partial charge in [-0.15, -0.1) is 11.3 Å². The Morgan fingerprint density at radius 1 is 1.53 bits per heavy atom. The monoisotopic (exact) mass is 271 g/mol. The fraction of sp³-hybridized carbons (Fsp3) is 0.692. The van der Waals surface area contributed by atoms with Crippen LogP contribution < -0.4 is 5.32 Å². The van der Waals surface area contributed by atoms with Crippen LogP contribution in [0.2, 0.25) is 4.34 Å². The Bertz CT molecular complexity index is 433. The number of fused-ring (bicyclic) bond motifs is 2. The second-order valence-electron chi connectivity index (χ2n) is 5.32. The van der Waals surface area contributed by atoms with E-state index in [0.717, 1.165) is 30.1 Å². The van der Waals surface area contributed by atoms with E-state index in [0.29, 0.717) is 12.1 Å². The topological polar surface area (TPSA) is 21.3 Å². The zero-order chi connectivity index (χ0) is 12.0. The van der Waals surface area contributed by atoms with Crippen LogP contribution in [0.15, 0.2) is 6.07 Å². The maximum absolute atomic E-state index is 6.33. The van der Waals surface area contributed by atoms with Gasteiger partial charge in [-0.25, -0.2) is 0 Å². The van der Waals surface area contributed by atoms with E-state index in [-0.39, 0.29) is 5.60 Å². The van der Waals surface area contributed by atoms with Gasteiger partial charge in [-0.2, -0.15) is 0 Å². The van der Waals surface area contributed by atoms with Crippen molar-refractivity contribution >= 4 is 22.9 Å². The summed E-state index contributed by atoms with van der Waals surface area (Å²) in [5, 5.41) is 3.50. The first kappa shape index (κ1) is 12.0. The molecule has 0 radical (unpaired) electrons. The third kappa shape index (κ3) is 2.03. The van der Waals surface area contributed by atoms with Gasteiger partial charge < -0.3 is 10.1 Å². The summed E-state index contributed by atoms with van der Waals surface area (Å²) in [6.07, 6.45) is 3.43. The number of ether oxygens (including phenoxy) is 1. The molecule has 2 aliphatic heterocycles. The molecule has 94 valence electrons. The summed E-state index contributed by atoms with van der Waals surface area (Å²) in [5.74, 6) is 0. The maximum Gasteiger partial charge on any atom is 0.0973 e. The first-order valence-electron chi connectivity index (χ1n) is 6.29. The molecular formula is C13H18ClNOS. The number of nitrogens with one attached hydrogen (secondary N) is 1. The van der Waals surface area contributed by atoms with Crippen LogP contribution in [0, 0.1) is 0 Å². The number of hydrogen-bond donors (Lipinski definition) is 1. The van der Waals surface area contributed by atoms with Crippen LogP contribution in [-0.2, 0) is 16.8 Å². The Morgan fingerprint density at radius 3 is 3.12 bits per heavy atom. The van der Waals surface area contributed by atoms with Crippen molar-refractivity contribution in [3.05, 3.63) is 20.8 Å². The number of piperidine rings is 1. The first-order chi connectivity index (χ1) is 8.09. The van der Waals surface area contributed by atoms with Crippen LogP contribution in [0.25, 0.3) is 0 Å². The molecule has 0 aliphatic carbocycles. The number of halogens is 1. The van der Waals surface area contributed by atoms with Crippen molar-refractivity contribution in [1.29, 1.82) is 0 Å². The third-order valence-corrected chi connectivity index (χ3v) is 5.11. The van der Waals surface area contributed by atoms with Gasteiger partial charge in [-0.05, 0) is 44.9 Å². The predicted molar refractivity (Wildman–Crippen MR) is 72.0 cm³/mol. The smallest absolute Gasteiger partial charge is 0.0973 e. The highest BCUT2D eigenvalue weighted by atomic mass is 35.5. The summed E-state index contributed by atoms with van der Waals surface area (Å²) in [5.41, 5.74) is 1.28. The first-order valence-corrected chi connectivity index (χ1v) is 7.48. The minimum absolute atomic E-state index is 0.0820. The third-order valence-electron chi connectivity index (χ3n) is 3.83. The molecule has 1 aromatic heterocycles. The van der Waals surface area contributed by atoms with Crippen molar-refractivity contribution in [2.45, 2.75) is 50.9 Å². The highest BCUT2D eigenvalue weighted by Gasteiger charge is 2.44. The Labute approximate surface area is 111 Å². The summed E-state index contributed by atoms with van der Waals surface area (Å²) in [7, 11) is 0. The molecule has 2 unspecified atom stereocenters. The normalized spacial score (nSPS) is 37.1. The summed E-state index contributed by atoms with van der Waals surface area (Å²) < 4.78 is 7.23. The van der Waals surface area contributed by atoms with Gasteiger partial charge in [0.25, 0.3) is 0 Å². The minimum atomic E-state index is -0.0820. The average molecular weight is 272 g/mol. The van der Waals surface area contributed by atoms with Crippen LogP contribution in [0.5, 0.6) is 0 Å². The molecule has 1 N–H and O–H groups in total. The van der Waals surface area contributed by atoms with Gasteiger partial charge in [0.15, 0.2) is 0 Å². The van der Waals surface area contributed by atoms with Crippen molar-refractivity contribution in [1.82, 2.24) is 5.32 Å². The molecule has 1 saturated heterocycles. The number of hydrogen-bond acceptors (Lipinski definition) is 3. The van der Waals surface area contributed by atoms with Gasteiger partial charge in [0.1, 0.15) is 0 Å². The summed E-state index contributed by atoms with van der Waals surface area (Å²) in [6, 6.07) is 2.64. The van der Waals surface area contributed by atoms with Crippen molar-refractivity contribution in [2.75, 3.05) is 6.54 Å². The van der Waals surface area contributed by atoms with E-state index >= 15 is 0 Å².